The summed E-state index contributed by atoms with van der Waals surface area (Å²) in [5, 5.41) is 5.59. The highest BCUT2D eigenvalue weighted by Crippen LogP contribution is 2.15. The third kappa shape index (κ3) is 5.01. The van der Waals surface area contributed by atoms with E-state index in [4.69, 9.17) is 0 Å². The van der Waals surface area contributed by atoms with Crippen molar-refractivity contribution in [3.05, 3.63) is 89.1 Å². The number of carbonyl (C=O) groups is 2. The summed E-state index contributed by atoms with van der Waals surface area (Å²) in [6.45, 7) is 4.00. The predicted octanol–water partition coefficient (Wildman–Crippen LogP) is 4.13. The van der Waals surface area contributed by atoms with Crippen molar-refractivity contribution in [3.8, 4) is 0 Å². The normalized spacial score (nSPS) is 10.3. The molecular formula is C22H21N3O2. The highest BCUT2D eigenvalue weighted by Gasteiger charge is 2.10. The van der Waals surface area contributed by atoms with Gasteiger partial charge in [-0.05, 0) is 55.3 Å². The molecule has 0 unspecified atom stereocenters. The molecule has 0 spiro atoms. The molecule has 0 radical (unpaired) electrons. The number of amides is 2. The number of benzene rings is 2. The first-order chi connectivity index (χ1) is 13.0. The predicted molar refractivity (Wildman–Crippen MR) is 107 cm³/mol. The van der Waals surface area contributed by atoms with E-state index in [-0.39, 0.29) is 18.2 Å². The molecule has 5 nitrogen and oxygen atoms in total. The van der Waals surface area contributed by atoms with Gasteiger partial charge in [0, 0.05) is 17.4 Å². The maximum Gasteiger partial charge on any atom is 0.256 e. The van der Waals surface area contributed by atoms with Crippen molar-refractivity contribution in [2.24, 2.45) is 0 Å². The van der Waals surface area contributed by atoms with Gasteiger partial charge in [0.15, 0.2) is 0 Å². The first kappa shape index (κ1) is 18.3. The number of aryl methyl sites for hydroxylation is 2. The van der Waals surface area contributed by atoms with Gasteiger partial charge in [0.2, 0.25) is 5.91 Å². The first-order valence-electron chi connectivity index (χ1n) is 8.70. The van der Waals surface area contributed by atoms with Crippen molar-refractivity contribution < 1.29 is 9.59 Å². The second kappa shape index (κ2) is 8.27. The molecule has 0 aliphatic rings. The summed E-state index contributed by atoms with van der Waals surface area (Å²) in [5.41, 5.74) is 4.23. The topological polar surface area (TPSA) is 71.1 Å². The van der Waals surface area contributed by atoms with Crippen LogP contribution in [0.5, 0.6) is 0 Å². The highest BCUT2D eigenvalue weighted by atomic mass is 16.2. The number of anilines is 2. The van der Waals surface area contributed by atoms with Crippen LogP contribution in [-0.2, 0) is 11.2 Å². The lowest BCUT2D eigenvalue weighted by atomic mass is 10.0. The second-order valence-electron chi connectivity index (χ2n) is 6.40. The van der Waals surface area contributed by atoms with Gasteiger partial charge in [-0.25, -0.2) is 4.98 Å². The summed E-state index contributed by atoms with van der Waals surface area (Å²) in [6, 6.07) is 18.2. The van der Waals surface area contributed by atoms with E-state index in [1.165, 1.54) is 0 Å². The van der Waals surface area contributed by atoms with Gasteiger partial charge >= 0.3 is 0 Å². The molecule has 0 aliphatic heterocycles. The van der Waals surface area contributed by atoms with Crippen molar-refractivity contribution in [2.45, 2.75) is 20.3 Å². The van der Waals surface area contributed by atoms with Crippen molar-refractivity contribution in [3.63, 3.8) is 0 Å². The van der Waals surface area contributed by atoms with Crippen LogP contribution in [0.25, 0.3) is 0 Å². The zero-order valence-corrected chi connectivity index (χ0v) is 15.3. The minimum Gasteiger partial charge on any atom is -0.326 e. The molecule has 0 aliphatic carbocycles. The van der Waals surface area contributed by atoms with Crippen LogP contribution in [0, 0.1) is 13.8 Å². The Morgan fingerprint density at radius 2 is 1.78 bits per heavy atom. The molecule has 1 aromatic heterocycles. The summed E-state index contributed by atoms with van der Waals surface area (Å²) >= 11 is 0. The summed E-state index contributed by atoms with van der Waals surface area (Å²) in [6.07, 6.45) is 1.90. The van der Waals surface area contributed by atoms with Crippen LogP contribution in [0.2, 0.25) is 0 Å². The number of nitrogens with one attached hydrogen (secondary N) is 2. The molecule has 2 amide bonds. The number of hydrogen-bond acceptors (Lipinski definition) is 3. The van der Waals surface area contributed by atoms with Crippen molar-refractivity contribution in [1.82, 2.24) is 4.98 Å². The Balaban J connectivity index is 1.67. The Kier molecular flexibility index (Phi) is 5.61. The zero-order valence-electron chi connectivity index (χ0n) is 15.3. The van der Waals surface area contributed by atoms with E-state index in [9.17, 15) is 9.59 Å². The van der Waals surface area contributed by atoms with Crippen LogP contribution in [0.4, 0.5) is 11.5 Å². The SMILES string of the molecule is Cc1ccc(C)c(CC(=O)Nc2cccc(C(=O)Nc3ccccn3)c2)c1. The van der Waals surface area contributed by atoms with Gasteiger partial charge in [-0.15, -0.1) is 0 Å². The van der Waals surface area contributed by atoms with E-state index in [0.717, 1.165) is 16.7 Å². The van der Waals surface area contributed by atoms with Gasteiger partial charge < -0.3 is 10.6 Å². The summed E-state index contributed by atoms with van der Waals surface area (Å²) < 4.78 is 0. The highest BCUT2D eigenvalue weighted by molar-refractivity contribution is 6.05. The number of hydrogen-bond donors (Lipinski definition) is 2. The molecule has 0 bridgehead atoms. The van der Waals surface area contributed by atoms with E-state index >= 15 is 0 Å². The third-order valence-electron chi connectivity index (χ3n) is 4.17. The molecule has 0 atom stereocenters. The Labute approximate surface area is 158 Å². The molecule has 0 fully saturated rings. The summed E-state index contributed by atoms with van der Waals surface area (Å²) in [4.78, 5) is 28.8. The van der Waals surface area contributed by atoms with Crippen molar-refractivity contribution >= 4 is 23.3 Å². The minimum absolute atomic E-state index is 0.119. The summed E-state index contributed by atoms with van der Waals surface area (Å²) in [5.74, 6) is 0.0807. The van der Waals surface area contributed by atoms with Gasteiger partial charge in [0.05, 0.1) is 6.42 Å². The lowest BCUT2D eigenvalue weighted by Crippen LogP contribution is -2.16. The Morgan fingerprint density at radius 3 is 2.56 bits per heavy atom. The van der Waals surface area contributed by atoms with E-state index in [0.29, 0.717) is 17.1 Å². The maximum absolute atomic E-state index is 12.4. The van der Waals surface area contributed by atoms with Gasteiger partial charge in [0.1, 0.15) is 5.82 Å². The van der Waals surface area contributed by atoms with E-state index in [1.807, 2.05) is 32.0 Å². The van der Waals surface area contributed by atoms with Gasteiger partial charge in [-0.2, -0.15) is 0 Å². The fourth-order valence-corrected chi connectivity index (χ4v) is 2.73. The van der Waals surface area contributed by atoms with E-state index < -0.39 is 0 Å². The quantitative estimate of drug-likeness (QED) is 0.719. The van der Waals surface area contributed by atoms with Crippen LogP contribution < -0.4 is 10.6 Å². The van der Waals surface area contributed by atoms with Crippen molar-refractivity contribution in [2.75, 3.05) is 10.6 Å². The molecule has 1 heterocycles. The van der Waals surface area contributed by atoms with Crippen LogP contribution in [0.1, 0.15) is 27.0 Å². The lowest BCUT2D eigenvalue weighted by molar-refractivity contribution is -0.115. The number of nitrogens with zero attached hydrogens (tertiary/aromatic N) is 1. The Hall–Kier alpha value is -3.47. The standard InChI is InChI=1S/C22H21N3O2/c1-15-9-10-16(2)18(12-15)14-21(26)24-19-7-5-6-17(13-19)22(27)25-20-8-3-4-11-23-20/h3-13H,14H2,1-2H3,(H,24,26)(H,23,25,27). The fraction of sp³-hybridized carbons (Fsp3) is 0.136. The average molecular weight is 359 g/mol. The molecule has 27 heavy (non-hydrogen) atoms. The molecular weight excluding hydrogens is 338 g/mol. The third-order valence-corrected chi connectivity index (χ3v) is 4.17. The van der Waals surface area contributed by atoms with Crippen LogP contribution in [0.3, 0.4) is 0 Å². The molecule has 3 rings (SSSR count). The monoisotopic (exact) mass is 359 g/mol. The average Bonchev–Trinajstić information content (AvgIpc) is 2.65. The number of carbonyl (C=O) groups excluding carboxylic acids is 2. The minimum atomic E-state index is -0.278. The number of aromatic nitrogens is 1. The largest absolute Gasteiger partial charge is 0.326 e. The number of rotatable bonds is 5. The molecule has 2 aromatic carbocycles. The molecule has 3 aromatic rings. The molecule has 2 N–H and O–H groups in total. The van der Waals surface area contributed by atoms with E-state index in [2.05, 4.69) is 15.6 Å². The van der Waals surface area contributed by atoms with Crippen LogP contribution in [-0.4, -0.2) is 16.8 Å². The number of pyridine rings is 1. The Bertz CT molecular complexity index is 968. The van der Waals surface area contributed by atoms with Gasteiger partial charge in [-0.1, -0.05) is 35.9 Å². The van der Waals surface area contributed by atoms with Gasteiger partial charge in [-0.3, -0.25) is 9.59 Å². The fourth-order valence-electron chi connectivity index (χ4n) is 2.73. The second-order valence-corrected chi connectivity index (χ2v) is 6.40. The smallest absolute Gasteiger partial charge is 0.256 e. The van der Waals surface area contributed by atoms with Gasteiger partial charge in [0.25, 0.3) is 5.91 Å². The zero-order chi connectivity index (χ0) is 19.2. The Morgan fingerprint density at radius 1 is 0.926 bits per heavy atom. The molecule has 5 heteroatoms. The molecule has 0 saturated heterocycles. The maximum atomic E-state index is 12.4. The molecule has 136 valence electrons. The van der Waals surface area contributed by atoms with E-state index in [1.54, 1.807) is 48.7 Å². The van der Waals surface area contributed by atoms with Crippen LogP contribution in [0.15, 0.2) is 66.9 Å². The molecule has 0 saturated carbocycles. The van der Waals surface area contributed by atoms with Crippen molar-refractivity contribution in [1.29, 1.82) is 0 Å². The van der Waals surface area contributed by atoms with Crippen LogP contribution >= 0.6 is 0 Å². The lowest BCUT2D eigenvalue weighted by Gasteiger charge is -2.10. The first-order valence-corrected chi connectivity index (χ1v) is 8.70. The summed E-state index contributed by atoms with van der Waals surface area (Å²) in [7, 11) is 0.